The Labute approximate surface area is 191 Å². The van der Waals surface area contributed by atoms with Crippen LogP contribution in [0.2, 0.25) is 0 Å². The molecule has 180 valence electrons. The standard InChI is InChI=1S/C21H31ClFN3O6/c1-3-5-7-9-15(27)30-13-21(22)18(31-16(28)10-8-6-4-2)17(23)19(32-21)26-12-11-14(24)25-20(26)29/h11-12,17-19H,3-10,13H2,1-2H3,(H2,24,25,29)/t17-,18+,19-,21-/m1/s1. The first-order valence-electron chi connectivity index (χ1n) is 10.9. The SMILES string of the molecule is CCCCCC(=O)OC[C@@]1(Cl)O[C@@H](n2ccc(N)nc2=O)[C@H](F)[C@@H]1OC(=O)CCCCC. The summed E-state index contributed by atoms with van der Waals surface area (Å²) in [5.41, 5.74) is 4.63. The van der Waals surface area contributed by atoms with E-state index in [1.54, 1.807) is 0 Å². The second kappa shape index (κ2) is 12.2. The molecule has 1 saturated heterocycles. The second-order valence-corrected chi connectivity index (χ2v) is 8.41. The maximum Gasteiger partial charge on any atom is 0.351 e. The van der Waals surface area contributed by atoms with Gasteiger partial charge in [0.1, 0.15) is 12.4 Å². The Morgan fingerprint density at radius 3 is 2.44 bits per heavy atom. The van der Waals surface area contributed by atoms with Gasteiger partial charge < -0.3 is 19.9 Å². The predicted octanol–water partition coefficient (Wildman–Crippen LogP) is 3.24. The zero-order chi connectivity index (χ0) is 23.7. The number of nitrogens with two attached hydrogens (primary N) is 1. The van der Waals surface area contributed by atoms with Crippen molar-refractivity contribution in [1.29, 1.82) is 0 Å². The number of hydrogen-bond acceptors (Lipinski definition) is 8. The van der Waals surface area contributed by atoms with Crippen LogP contribution in [0.1, 0.15) is 71.4 Å². The van der Waals surface area contributed by atoms with E-state index in [0.717, 1.165) is 30.3 Å². The van der Waals surface area contributed by atoms with Gasteiger partial charge in [-0.15, -0.1) is 0 Å². The van der Waals surface area contributed by atoms with Gasteiger partial charge in [-0.2, -0.15) is 4.98 Å². The average Bonchev–Trinajstić information content (AvgIpc) is 2.98. The number of ether oxygens (including phenoxy) is 3. The van der Waals surface area contributed by atoms with Crippen LogP contribution in [-0.2, 0) is 23.8 Å². The normalized spacial score (nSPS) is 24.9. The molecule has 9 nitrogen and oxygen atoms in total. The number of esters is 2. The number of carbonyl (C=O) groups is 2. The lowest BCUT2D eigenvalue weighted by molar-refractivity contribution is -0.164. The summed E-state index contributed by atoms with van der Waals surface area (Å²) in [5.74, 6) is -1.23. The predicted molar refractivity (Wildman–Crippen MR) is 116 cm³/mol. The van der Waals surface area contributed by atoms with Crippen LogP contribution in [-0.4, -0.2) is 45.4 Å². The maximum absolute atomic E-state index is 15.4. The lowest BCUT2D eigenvalue weighted by Gasteiger charge is -2.27. The molecule has 0 aliphatic carbocycles. The first kappa shape index (κ1) is 26.1. The van der Waals surface area contributed by atoms with E-state index >= 15 is 4.39 Å². The van der Waals surface area contributed by atoms with Crippen molar-refractivity contribution in [3.05, 3.63) is 22.7 Å². The molecule has 2 N–H and O–H groups in total. The number of halogens is 2. The third kappa shape index (κ3) is 6.90. The number of aromatic nitrogens is 2. The highest BCUT2D eigenvalue weighted by atomic mass is 35.5. The van der Waals surface area contributed by atoms with Gasteiger partial charge in [0.2, 0.25) is 5.06 Å². The summed E-state index contributed by atoms with van der Waals surface area (Å²) < 4.78 is 32.4. The van der Waals surface area contributed by atoms with E-state index < -0.39 is 47.8 Å². The van der Waals surface area contributed by atoms with Gasteiger partial charge in [0.05, 0.1) is 0 Å². The molecule has 0 bridgehead atoms. The van der Waals surface area contributed by atoms with E-state index in [0.29, 0.717) is 12.8 Å². The largest absolute Gasteiger partial charge is 0.461 e. The molecular weight excluding hydrogens is 445 g/mol. The minimum Gasteiger partial charge on any atom is -0.461 e. The van der Waals surface area contributed by atoms with Gasteiger partial charge in [-0.25, -0.2) is 9.18 Å². The van der Waals surface area contributed by atoms with Crippen molar-refractivity contribution in [2.75, 3.05) is 12.3 Å². The van der Waals surface area contributed by atoms with Crippen molar-refractivity contribution in [1.82, 2.24) is 9.55 Å². The number of carbonyl (C=O) groups excluding carboxylic acids is 2. The van der Waals surface area contributed by atoms with Crippen LogP contribution in [0.3, 0.4) is 0 Å². The number of nitrogens with zero attached hydrogens (tertiary/aromatic N) is 2. The quantitative estimate of drug-likeness (QED) is 0.277. The Kier molecular flexibility index (Phi) is 9.89. The lowest BCUT2D eigenvalue weighted by atomic mass is 10.1. The minimum absolute atomic E-state index is 0.0447. The molecule has 0 radical (unpaired) electrons. The highest BCUT2D eigenvalue weighted by molar-refractivity contribution is 6.24. The molecular formula is C21H31ClFN3O6. The van der Waals surface area contributed by atoms with Crippen LogP contribution in [0.4, 0.5) is 10.2 Å². The summed E-state index contributed by atoms with van der Waals surface area (Å²) in [7, 11) is 0. The van der Waals surface area contributed by atoms with Crippen LogP contribution in [0.25, 0.3) is 0 Å². The summed E-state index contributed by atoms with van der Waals surface area (Å²) in [4.78, 5) is 40.0. The number of rotatable bonds is 12. The van der Waals surface area contributed by atoms with E-state index in [9.17, 15) is 14.4 Å². The van der Waals surface area contributed by atoms with E-state index in [-0.39, 0.29) is 18.7 Å². The molecule has 11 heteroatoms. The first-order valence-corrected chi connectivity index (χ1v) is 11.3. The molecule has 0 saturated carbocycles. The molecule has 32 heavy (non-hydrogen) atoms. The fourth-order valence-electron chi connectivity index (χ4n) is 3.31. The molecule has 1 fully saturated rings. The Morgan fingerprint density at radius 1 is 1.22 bits per heavy atom. The summed E-state index contributed by atoms with van der Waals surface area (Å²) >= 11 is 6.49. The smallest absolute Gasteiger partial charge is 0.351 e. The second-order valence-electron chi connectivity index (χ2n) is 7.77. The highest BCUT2D eigenvalue weighted by Gasteiger charge is 2.59. The Balaban J connectivity index is 2.19. The topological polar surface area (TPSA) is 123 Å². The van der Waals surface area contributed by atoms with Crippen molar-refractivity contribution in [2.24, 2.45) is 0 Å². The van der Waals surface area contributed by atoms with Crippen molar-refractivity contribution in [2.45, 2.75) is 88.8 Å². The molecule has 0 unspecified atom stereocenters. The molecule has 4 atom stereocenters. The van der Waals surface area contributed by atoms with Crippen LogP contribution in [0, 0.1) is 0 Å². The first-order chi connectivity index (χ1) is 15.2. The van der Waals surface area contributed by atoms with Crippen molar-refractivity contribution >= 4 is 29.4 Å². The third-order valence-electron chi connectivity index (χ3n) is 5.09. The number of unbranched alkanes of at least 4 members (excludes halogenated alkanes) is 4. The molecule has 2 heterocycles. The monoisotopic (exact) mass is 475 g/mol. The zero-order valence-electron chi connectivity index (χ0n) is 18.4. The molecule has 1 aliphatic rings. The van der Waals surface area contributed by atoms with E-state index in [2.05, 4.69) is 4.98 Å². The molecule has 2 rings (SSSR count). The summed E-state index contributed by atoms with van der Waals surface area (Å²) in [5, 5.41) is -2.01. The molecule has 1 aromatic rings. The molecule has 1 aromatic heterocycles. The van der Waals surface area contributed by atoms with Gasteiger partial charge in [0.15, 0.2) is 18.5 Å². The maximum atomic E-state index is 15.4. The van der Waals surface area contributed by atoms with Gasteiger partial charge >= 0.3 is 17.6 Å². The summed E-state index contributed by atoms with van der Waals surface area (Å²) in [6.07, 6.45) is 1.02. The van der Waals surface area contributed by atoms with Gasteiger partial charge in [-0.3, -0.25) is 14.2 Å². The highest BCUT2D eigenvalue weighted by Crippen LogP contribution is 2.43. The molecule has 0 amide bonds. The Hall–Kier alpha value is -2.20. The number of nitrogen functional groups attached to an aromatic ring is 1. The summed E-state index contributed by atoms with van der Waals surface area (Å²) in [6, 6.07) is 1.30. The Morgan fingerprint density at radius 2 is 1.84 bits per heavy atom. The summed E-state index contributed by atoms with van der Waals surface area (Å²) in [6.45, 7) is 3.43. The van der Waals surface area contributed by atoms with Crippen molar-refractivity contribution in [3.63, 3.8) is 0 Å². The van der Waals surface area contributed by atoms with Crippen molar-refractivity contribution in [3.8, 4) is 0 Å². The molecule has 0 aromatic carbocycles. The Bertz CT molecular complexity index is 838. The van der Waals surface area contributed by atoms with E-state index in [1.807, 2.05) is 13.8 Å². The van der Waals surface area contributed by atoms with Gasteiger partial charge in [-0.1, -0.05) is 51.1 Å². The van der Waals surface area contributed by atoms with E-state index in [4.69, 9.17) is 31.5 Å². The van der Waals surface area contributed by atoms with Gasteiger partial charge in [-0.05, 0) is 18.9 Å². The minimum atomic E-state index is -2.01. The lowest BCUT2D eigenvalue weighted by Crippen LogP contribution is -2.44. The van der Waals surface area contributed by atoms with Crippen molar-refractivity contribution < 1.29 is 28.2 Å². The van der Waals surface area contributed by atoms with Crippen LogP contribution in [0.15, 0.2) is 17.1 Å². The van der Waals surface area contributed by atoms with Crippen LogP contribution >= 0.6 is 11.6 Å². The van der Waals surface area contributed by atoms with Gasteiger partial charge in [0.25, 0.3) is 0 Å². The molecule has 1 aliphatic heterocycles. The number of alkyl halides is 2. The zero-order valence-corrected chi connectivity index (χ0v) is 19.2. The molecule has 0 spiro atoms. The fourth-order valence-corrected chi connectivity index (χ4v) is 3.62. The van der Waals surface area contributed by atoms with Gasteiger partial charge in [0, 0.05) is 19.0 Å². The third-order valence-corrected chi connectivity index (χ3v) is 5.50. The number of hydrogen-bond donors (Lipinski definition) is 1. The number of anilines is 1. The average molecular weight is 476 g/mol. The fraction of sp³-hybridized carbons (Fsp3) is 0.714. The van der Waals surface area contributed by atoms with Crippen LogP contribution < -0.4 is 11.4 Å². The van der Waals surface area contributed by atoms with E-state index in [1.165, 1.54) is 12.3 Å². The van der Waals surface area contributed by atoms with Crippen LogP contribution in [0.5, 0.6) is 0 Å².